The molecule has 34 heavy (non-hydrogen) atoms. The Morgan fingerprint density at radius 2 is 1.74 bits per heavy atom. The Bertz CT molecular complexity index is 1120. The van der Waals surface area contributed by atoms with E-state index in [0.29, 0.717) is 5.92 Å². The Hall–Kier alpha value is -3.19. The second-order valence-electron chi connectivity index (χ2n) is 9.27. The Morgan fingerprint density at radius 3 is 2.35 bits per heavy atom. The van der Waals surface area contributed by atoms with Crippen molar-refractivity contribution in [2.45, 2.75) is 46.0 Å². The highest BCUT2D eigenvalue weighted by Gasteiger charge is 2.21. The van der Waals surface area contributed by atoms with Gasteiger partial charge in [-0.2, -0.15) is 0 Å². The van der Waals surface area contributed by atoms with Gasteiger partial charge in [0.2, 0.25) is 5.91 Å². The maximum absolute atomic E-state index is 12.5. The first-order chi connectivity index (χ1) is 16.4. The van der Waals surface area contributed by atoms with Crippen LogP contribution in [0.2, 0.25) is 0 Å². The van der Waals surface area contributed by atoms with Crippen molar-refractivity contribution in [1.29, 1.82) is 0 Å². The molecule has 6 nitrogen and oxygen atoms in total. The normalized spacial score (nSPS) is 14.2. The number of benzene rings is 2. The molecule has 1 aliphatic carbocycles. The van der Waals surface area contributed by atoms with Crippen LogP contribution < -0.4 is 10.2 Å². The van der Waals surface area contributed by atoms with Crippen molar-refractivity contribution in [2.24, 2.45) is 11.8 Å². The van der Waals surface area contributed by atoms with Crippen LogP contribution in [0.3, 0.4) is 0 Å². The fraction of sp³-hybridized carbons (Fsp3) is 0.370. The van der Waals surface area contributed by atoms with Crippen LogP contribution in [-0.2, 0) is 4.79 Å². The average molecular weight is 478 g/mol. The SMILES string of the molecule is CC(C)CN(c1ccc(C(=O)O)cc1)c1nc(-c2ccc(NC(=O)C3CCCCC3)cc2)cs1. The summed E-state index contributed by atoms with van der Waals surface area (Å²) in [4.78, 5) is 30.7. The summed E-state index contributed by atoms with van der Waals surface area (Å²) in [5.41, 5.74) is 3.86. The molecule has 1 aromatic heterocycles. The van der Waals surface area contributed by atoms with Crippen LogP contribution in [0.15, 0.2) is 53.9 Å². The van der Waals surface area contributed by atoms with Crippen molar-refractivity contribution in [3.8, 4) is 11.3 Å². The summed E-state index contributed by atoms with van der Waals surface area (Å²) in [5, 5.41) is 15.1. The van der Waals surface area contributed by atoms with Crippen LogP contribution in [0.5, 0.6) is 0 Å². The minimum atomic E-state index is -0.933. The molecule has 1 saturated carbocycles. The van der Waals surface area contributed by atoms with Crippen LogP contribution in [0.25, 0.3) is 11.3 Å². The summed E-state index contributed by atoms with van der Waals surface area (Å²) in [6.45, 7) is 5.06. The van der Waals surface area contributed by atoms with E-state index in [2.05, 4.69) is 24.1 Å². The lowest BCUT2D eigenvalue weighted by atomic mass is 9.88. The smallest absolute Gasteiger partial charge is 0.335 e. The summed E-state index contributed by atoms with van der Waals surface area (Å²) in [5.74, 6) is -0.275. The van der Waals surface area contributed by atoms with Gasteiger partial charge in [-0.15, -0.1) is 11.3 Å². The van der Waals surface area contributed by atoms with Crippen molar-refractivity contribution in [3.63, 3.8) is 0 Å². The Balaban J connectivity index is 1.49. The van der Waals surface area contributed by atoms with Crippen molar-refractivity contribution in [1.82, 2.24) is 4.98 Å². The van der Waals surface area contributed by atoms with Crippen molar-refractivity contribution in [2.75, 3.05) is 16.8 Å². The Morgan fingerprint density at radius 1 is 1.06 bits per heavy atom. The largest absolute Gasteiger partial charge is 0.478 e. The van der Waals surface area contributed by atoms with Gasteiger partial charge in [-0.1, -0.05) is 45.2 Å². The van der Waals surface area contributed by atoms with E-state index in [1.54, 1.807) is 23.5 Å². The lowest BCUT2D eigenvalue weighted by Gasteiger charge is -2.24. The number of hydrogen-bond acceptors (Lipinski definition) is 5. The summed E-state index contributed by atoms with van der Waals surface area (Å²) in [6.07, 6.45) is 5.48. The van der Waals surface area contributed by atoms with Gasteiger partial charge in [0.1, 0.15) is 0 Å². The van der Waals surface area contributed by atoms with Crippen molar-refractivity contribution < 1.29 is 14.7 Å². The molecule has 178 valence electrons. The maximum Gasteiger partial charge on any atom is 0.335 e. The highest BCUT2D eigenvalue weighted by atomic mass is 32.1. The van der Waals surface area contributed by atoms with E-state index in [9.17, 15) is 14.7 Å². The van der Waals surface area contributed by atoms with Crippen LogP contribution in [0.4, 0.5) is 16.5 Å². The number of aromatic carboxylic acids is 1. The zero-order chi connectivity index (χ0) is 24.1. The molecular weight excluding hydrogens is 446 g/mol. The molecule has 0 bridgehead atoms. The molecule has 0 aliphatic heterocycles. The van der Waals surface area contributed by atoms with Crippen molar-refractivity contribution in [3.05, 3.63) is 59.5 Å². The van der Waals surface area contributed by atoms with Gasteiger partial charge in [0.15, 0.2) is 5.13 Å². The van der Waals surface area contributed by atoms with Crippen LogP contribution >= 0.6 is 11.3 Å². The molecule has 0 unspecified atom stereocenters. The molecule has 2 N–H and O–H groups in total. The average Bonchev–Trinajstić information content (AvgIpc) is 3.33. The maximum atomic E-state index is 12.5. The zero-order valence-corrected chi connectivity index (χ0v) is 20.5. The van der Waals surface area contributed by atoms with Crippen LogP contribution in [0, 0.1) is 11.8 Å². The highest BCUT2D eigenvalue weighted by molar-refractivity contribution is 7.14. The van der Waals surface area contributed by atoms with Gasteiger partial charge in [0, 0.05) is 34.8 Å². The quantitative estimate of drug-likeness (QED) is 0.372. The lowest BCUT2D eigenvalue weighted by Crippen LogP contribution is -2.24. The van der Waals surface area contributed by atoms with E-state index in [0.717, 1.165) is 60.0 Å². The molecule has 4 rings (SSSR count). The molecule has 1 fully saturated rings. The van der Waals surface area contributed by atoms with Gasteiger partial charge in [-0.3, -0.25) is 4.79 Å². The number of carboxylic acids is 1. The number of nitrogens with one attached hydrogen (secondary N) is 1. The van der Waals surface area contributed by atoms with Crippen molar-refractivity contribution >= 4 is 39.7 Å². The number of aromatic nitrogens is 1. The van der Waals surface area contributed by atoms with Crippen LogP contribution in [-0.4, -0.2) is 28.5 Å². The van der Waals surface area contributed by atoms with Crippen LogP contribution in [0.1, 0.15) is 56.3 Å². The standard InChI is InChI=1S/C27H31N3O3S/c1-18(2)16-30(23-14-10-21(11-15-23)26(32)33)27-29-24(17-34-27)19-8-12-22(13-9-19)28-25(31)20-6-4-3-5-7-20/h8-15,17-18,20H,3-7,16H2,1-2H3,(H,28,31)(H,32,33). The van der Waals surface area contributed by atoms with E-state index < -0.39 is 5.97 Å². The molecule has 0 saturated heterocycles. The first-order valence-corrected chi connectivity index (χ1v) is 12.8. The molecule has 0 radical (unpaired) electrons. The number of rotatable bonds is 8. The number of carboxylic acid groups (broad SMARTS) is 1. The molecule has 2 aromatic carbocycles. The number of hydrogen-bond donors (Lipinski definition) is 2. The van der Waals surface area contributed by atoms with E-state index in [4.69, 9.17) is 4.98 Å². The van der Waals surface area contributed by atoms with Gasteiger partial charge in [0.05, 0.1) is 11.3 Å². The minimum absolute atomic E-state index is 0.127. The third-order valence-electron chi connectivity index (χ3n) is 6.12. The third kappa shape index (κ3) is 5.83. The molecule has 1 aliphatic rings. The van der Waals surface area contributed by atoms with E-state index in [1.165, 1.54) is 6.42 Å². The third-order valence-corrected chi connectivity index (χ3v) is 6.98. The van der Waals surface area contributed by atoms with Gasteiger partial charge in [-0.05, 0) is 55.2 Å². The van der Waals surface area contributed by atoms with Gasteiger partial charge in [-0.25, -0.2) is 9.78 Å². The first-order valence-electron chi connectivity index (χ1n) is 11.9. The first kappa shape index (κ1) is 24.0. The zero-order valence-electron chi connectivity index (χ0n) is 19.7. The Labute approximate surface area is 204 Å². The number of nitrogens with zero attached hydrogens (tertiary/aromatic N) is 2. The second kappa shape index (κ2) is 10.8. The topological polar surface area (TPSA) is 82.5 Å². The second-order valence-corrected chi connectivity index (χ2v) is 10.1. The number of anilines is 3. The number of carbonyl (C=O) groups excluding carboxylic acids is 1. The predicted octanol–water partition coefficient (Wildman–Crippen LogP) is 6.82. The molecule has 3 aromatic rings. The van der Waals surface area contributed by atoms with E-state index in [-0.39, 0.29) is 17.4 Å². The molecular formula is C27H31N3O3S. The predicted molar refractivity (Wildman–Crippen MR) is 138 cm³/mol. The Kier molecular flexibility index (Phi) is 7.63. The monoisotopic (exact) mass is 477 g/mol. The summed E-state index contributed by atoms with van der Waals surface area (Å²) in [6, 6.07) is 14.8. The molecule has 1 amide bonds. The highest BCUT2D eigenvalue weighted by Crippen LogP contribution is 2.33. The number of amides is 1. The number of carbonyl (C=O) groups is 2. The molecule has 0 spiro atoms. The van der Waals surface area contributed by atoms with Gasteiger partial charge < -0.3 is 15.3 Å². The van der Waals surface area contributed by atoms with E-state index in [1.807, 2.05) is 41.8 Å². The molecule has 7 heteroatoms. The van der Waals surface area contributed by atoms with Gasteiger partial charge >= 0.3 is 5.97 Å². The summed E-state index contributed by atoms with van der Waals surface area (Å²) in [7, 11) is 0. The number of thiazole rings is 1. The lowest BCUT2D eigenvalue weighted by molar-refractivity contribution is -0.120. The molecule has 1 heterocycles. The minimum Gasteiger partial charge on any atom is -0.478 e. The fourth-order valence-electron chi connectivity index (χ4n) is 4.30. The summed E-state index contributed by atoms with van der Waals surface area (Å²) < 4.78 is 0. The van der Waals surface area contributed by atoms with E-state index >= 15 is 0 Å². The fourth-order valence-corrected chi connectivity index (χ4v) is 5.16. The molecule has 0 atom stereocenters. The summed E-state index contributed by atoms with van der Waals surface area (Å²) >= 11 is 1.56. The van der Waals surface area contributed by atoms with Gasteiger partial charge in [0.25, 0.3) is 0 Å².